The highest BCUT2D eigenvalue weighted by atomic mass is 16.5. The van der Waals surface area contributed by atoms with Gasteiger partial charge in [-0.3, -0.25) is 4.99 Å². The van der Waals surface area contributed by atoms with E-state index in [1.54, 1.807) is 12.4 Å². The largest absolute Gasteiger partial charge is 0.380 e. The van der Waals surface area contributed by atoms with Crippen molar-refractivity contribution < 1.29 is 4.74 Å². The Morgan fingerprint density at radius 1 is 1.21 bits per heavy atom. The molecule has 7 heteroatoms. The van der Waals surface area contributed by atoms with Gasteiger partial charge in [-0.25, -0.2) is 9.97 Å². The number of nitrogens with one attached hydrogen (secondary N) is 1. The molecule has 24 heavy (non-hydrogen) atoms. The Kier molecular flexibility index (Phi) is 7.74. The molecule has 1 aromatic heterocycles. The van der Waals surface area contributed by atoms with Crippen LogP contribution in [0.1, 0.15) is 20.3 Å². The van der Waals surface area contributed by atoms with Crippen LogP contribution in [0, 0.1) is 5.92 Å². The Morgan fingerprint density at radius 3 is 2.54 bits per heavy atom. The van der Waals surface area contributed by atoms with Gasteiger partial charge in [0.25, 0.3) is 0 Å². The topological polar surface area (TPSA) is 65.9 Å². The Bertz CT molecular complexity index is 485. The first-order valence-electron chi connectivity index (χ1n) is 8.76. The average Bonchev–Trinajstić information content (AvgIpc) is 2.62. The number of aliphatic imine (C=N–C) groups is 1. The molecular weight excluding hydrogens is 304 g/mol. The first-order valence-corrected chi connectivity index (χ1v) is 8.76. The van der Waals surface area contributed by atoms with Gasteiger partial charge in [-0.1, -0.05) is 13.8 Å². The lowest BCUT2D eigenvalue weighted by molar-refractivity contribution is 0.127. The Labute approximate surface area is 145 Å². The summed E-state index contributed by atoms with van der Waals surface area (Å²) in [4.78, 5) is 17.5. The molecule has 0 radical (unpaired) electrons. The summed E-state index contributed by atoms with van der Waals surface area (Å²) in [7, 11) is 1.83. The molecule has 1 aliphatic heterocycles. The van der Waals surface area contributed by atoms with Crippen LogP contribution >= 0.6 is 0 Å². The van der Waals surface area contributed by atoms with Crippen LogP contribution in [0.25, 0.3) is 0 Å². The maximum absolute atomic E-state index is 5.64. The van der Waals surface area contributed by atoms with Gasteiger partial charge in [0.15, 0.2) is 5.96 Å². The summed E-state index contributed by atoms with van der Waals surface area (Å²) < 4.78 is 5.64. The highest BCUT2D eigenvalue weighted by Gasteiger charge is 2.20. The lowest BCUT2D eigenvalue weighted by atomic mass is 10.1. The molecule has 0 amide bonds. The fraction of sp³-hybridized carbons (Fsp3) is 0.706. The van der Waals surface area contributed by atoms with Crippen LogP contribution in [0.3, 0.4) is 0 Å². The molecule has 1 N–H and O–H groups in total. The predicted molar refractivity (Wildman–Crippen MR) is 97.5 cm³/mol. The zero-order chi connectivity index (χ0) is 17.2. The number of rotatable bonds is 7. The smallest absolute Gasteiger partial charge is 0.225 e. The second-order valence-corrected chi connectivity index (χ2v) is 6.29. The van der Waals surface area contributed by atoms with E-state index >= 15 is 0 Å². The van der Waals surface area contributed by atoms with Crippen molar-refractivity contribution in [2.75, 3.05) is 57.9 Å². The number of anilines is 1. The second kappa shape index (κ2) is 10.1. The van der Waals surface area contributed by atoms with Crippen LogP contribution in [0.15, 0.2) is 23.5 Å². The van der Waals surface area contributed by atoms with Crippen LogP contribution in [-0.4, -0.2) is 73.8 Å². The molecule has 0 bridgehead atoms. The number of nitrogens with zero attached hydrogens (tertiary/aromatic N) is 5. The molecule has 1 aromatic rings. The molecule has 0 spiro atoms. The molecule has 0 saturated carbocycles. The van der Waals surface area contributed by atoms with E-state index in [0.29, 0.717) is 12.5 Å². The third-order valence-corrected chi connectivity index (χ3v) is 4.00. The summed E-state index contributed by atoms with van der Waals surface area (Å²) in [6, 6.07) is 1.84. The molecule has 134 valence electrons. The van der Waals surface area contributed by atoms with E-state index in [9.17, 15) is 0 Å². The molecular formula is C17H30N6O. The monoisotopic (exact) mass is 334 g/mol. The van der Waals surface area contributed by atoms with Crippen molar-refractivity contribution in [2.24, 2.45) is 10.9 Å². The summed E-state index contributed by atoms with van der Waals surface area (Å²) in [5.41, 5.74) is 0. The van der Waals surface area contributed by atoms with E-state index in [-0.39, 0.29) is 0 Å². The van der Waals surface area contributed by atoms with Crippen molar-refractivity contribution in [2.45, 2.75) is 20.3 Å². The van der Waals surface area contributed by atoms with Crippen LogP contribution in [0.4, 0.5) is 5.95 Å². The number of hydrogen-bond donors (Lipinski definition) is 1. The summed E-state index contributed by atoms with van der Waals surface area (Å²) in [6.07, 6.45) is 4.68. The van der Waals surface area contributed by atoms with E-state index in [0.717, 1.165) is 57.7 Å². The first kappa shape index (κ1) is 18.4. The summed E-state index contributed by atoms with van der Waals surface area (Å²) in [6.45, 7) is 10.4. The minimum absolute atomic E-state index is 0.690. The van der Waals surface area contributed by atoms with Crippen molar-refractivity contribution in [1.29, 1.82) is 0 Å². The maximum Gasteiger partial charge on any atom is 0.225 e. The summed E-state index contributed by atoms with van der Waals surface area (Å²) in [5, 5.41) is 3.38. The van der Waals surface area contributed by atoms with E-state index in [2.05, 4.69) is 43.9 Å². The van der Waals surface area contributed by atoms with Crippen molar-refractivity contribution in [3.63, 3.8) is 0 Å². The van der Waals surface area contributed by atoms with Gasteiger partial charge in [-0.2, -0.15) is 0 Å². The number of hydrogen-bond acceptors (Lipinski definition) is 5. The van der Waals surface area contributed by atoms with Crippen molar-refractivity contribution >= 4 is 11.9 Å². The molecule has 0 aliphatic carbocycles. The van der Waals surface area contributed by atoms with Crippen LogP contribution in [0.2, 0.25) is 0 Å². The van der Waals surface area contributed by atoms with Crippen LogP contribution in [-0.2, 0) is 4.74 Å². The van der Waals surface area contributed by atoms with Crippen LogP contribution in [0.5, 0.6) is 0 Å². The molecule has 1 saturated heterocycles. The minimum Gasteiger partial charge on any atom is -0.380 e. The predicted octanol–water partition coefficient (Wildman–Crippen LogP) is 1.24. The van der Waals surface area contributed by atoms with Gasteiger partial charge in [0.1, 0.15) is 0 Å². The van der Waals surface area contributed by atoms with Gasteiger partial charge in [0, 0.05) is 58.8 Å². The van der Waals surface area contributed by atoms with Crippen molar-refractivity contribution in [3.8, 4) is 0 Å². The second-order valence-electron chi connectivity index (χ2n) is 6.29. The van der Waals surface area contributed by atoms with E-state index in [1.807, 2.05) is 13.1 Å². The van der Waals surface area contributed by atoms with Gasteiger partial charge >= 0.3 is 0 Å². The molecule has 0 aromatic carbocycles. The van der Waals surface area contributed by atoms with Gasteiger partial charge in [-0.15, -0.1) is 0 Å². The molecule has 2 heterocycles. The number of aromatic nitrogens is 2. The van der Waals surface area contributed by atoms with Crippen molar-refractivity contribution in [1.82, 2.24) is 20.2 Å². The van der Waals surface area contributed by atoms with Gasteiger partial charge in [0.2, 0.25) is 5.95 Å². The van der Waals surface area contributed by atoms with Gasteiger partial charge in [-0.05, 0) is 18.4 Å². The summed E-state index contributed by atoms with van der Waals surface area (Å²) in [5.74, 6) is 2.44. The van der Waals surface area contributed by atoms with E-state index in [1.165, 1.54) is 0 Å². The number of piperazine rings is 1. The minimum atomic E-state index is 0.690. The quantitative estimate of drug-likeness (QED) is 0.460. The third-order valence-electron chi connectivity index (χ3n) is 4.00. The zero-order valence-electron chi connectivity index (χ0n) is 15.1. The Hall–Kier alpha value is -1.89. The zero-order valence-corrected chi connectivity index (χ0v) is 15.1. The first-order chi connectivity index (χ1) is 11.7. The van der Waals surface area contributed by atoms with Gasteiger partial charge in [0.05, 0.1) is 6.61 Å². The molecule has 7 nitrogen and oxygen atoms in total. The highest BCUT2D eigenvalue weighted by molar-refractivity contribution is 5.80. The molecule has 1 aliphatic rings. The third kappa shape index (κ3) is 5.96. The van der Waals surface area contributed by atoms with Gasteiger partial charge < -0.3 is 19.9 Å². The lowest BCUT2D eigenvalue weighted by Crippen LogP contribution is -2.53. The fourth-order valence-electron chi connectivity index (χ4n) is 2.56. The van der Waals surface area contributed by atoms with E-state index in [4.69, 9.17) is 4.74 Å². The number of ether oxygens (including phenoxy) is 1. The maximum atomic E-state index is 5.64. The lowest BCUT2D eigenvalue weighted by Gasteiger charge is -2.36. The van der Waals surface area contributed by atoms with E-state index < -0.39 is 0 Å². The molecule has 0 atom stereocenters. The highest BCUT2D eigenvalue weighted by Crippen LogP contribution is 2.09. The Balaban J connectivity index is 1.68. The normalized spacial score (nSPS) is 15.9. The summed E-state index contributed by atoms with van der Waals surface area (Å²) >= 11 is 0. The Morgan fingerprint density at radius 2 is 1.92 bits per heavy atom. The fourth-order valence-corrected chi connectivity index (χ4v) is 2.56. The average molecular weight is 334 g/mol. The molecule has 1 fully saturated rings. The molecule has 2 rings (SSSR count). The number of guanidine groups is 1. The molecule has 0 unspecified atom stereocenters. The SMILES string of the molecule is CN=C(NCCOCCC(C)C)N1CCN(c2ncccn2)CC1. The van der Waals surface area contributed by atoms with Crippen molar-refractivity contribution in [3.05, 3.63) is 18.5 Å². The van der Waals surface area contributed by atoms with Crippen LogP contribution < -0.4 is 10.2 Å². The standard InChI is InChI=1S/C17H30N6O/c1-15(2)5-13-24-14-8-21-16(18-3)22-9-11-23(12-10-22)17-19-6-4-7-20-17/h4,6-7,15H,5,8-14H2,1-3H3,(H,18,21).